The molecular weight excluding hydrogens is 310 g/mol. The van der Waals surface area contributed by atoms with Crippen molar-refractivity contribution in [1.82, 2.24) is 0 Å². The number of hydrogen-bond acceptors (Lipinski definition) is 2. The van der Waals surface area contributed by atoms with Crippen LogP contribution in [-0.2, 0) is 0 Å². The van der Waals surface area contributed by atoms with Gasteiger partial charge in [0, 0.05) is 0 Å². The molecule has 1 aromatic carbocycles. The Morgan fingerprint density at radius 1 is 1.24 bits per heavy atom. The lowest BCUT2D eigenvalue weighted by Crippen LogP contribution is -2.30. The molecule has 0 bridgehead atoms. The quantitative estimate of drug-likeness (QED) is 0.730. The summed E-state index contributed by atoms with van der Waals surface area (Å²) < 4.78 is 0. The van der Waals surface area contributed by atoms with E-state index in [0.29, 0.717) is 23.3 Å². The summed E-state index contributed by atoms with van der Waals surface area (Å²) in [6, 6.07) is 8.01. The van der Waals surface area contributed by atoms with E-state index >= 15 is 0 Å². The van der Waals surface area contributed by atoms with E-state index in [-0.39, 0.29) is 5.92 Å². The standard InChI is InChI=1S/C22H29NO2/c1-2-3-7-16-12-18(14-23)20-13-17(22(24)25)10-11-19(20)21(16)15-8-5-4-6-9-15/h10-11,13,15-16,18,21H,2-9,12H2,1H3,(H,24,25)/t16-,18?,21+/m1/s1. The van der Waals surface area contributed by atoms with Crippen molar-refractivity contribution in [1.29, 1.82) is 5.26 Å². The van der Waals surface area contributed by atoms with Gasteiger partial charge in [-0.2, -0.15) is 5.26 Å². The summed E-state index contributed by atoms with van der Waals surface area (Å²) in [5.41, 5.74) is 2.58. The van der Waals surface area contributed by atoms with Crippen LogP contribution < -0.4 is 0 Å². The molecule has 0 spiro atoms. The summed E-state index contributed by atoms with van der Waals surface area (Å²) in [5.74, 6) is 0.715. The third-order valence-electron chi connectivity index (χ3n) is 6.36. The van der Waals surface area contributed by atoms with Crippen LogP contribution in [0.25, 0.3) is 0 Å². The fourth-order valence-corrected chi connectivity index (χ4v) is 5.16. The molecule has 3 heteroatoms. The summed E-state index contributed by atoms with van der Waals surface area (Å²) >= 11 is 0. The molecule has 3 nitrogen and oxygen atoms in total. The van der Waals surface area contributed by atoms with Gasteiger partial charge in [0.15, 0.2) is 0 Å². The maximum atomic E-state index is 11.4. The number of unbranched alkanes of at least 4 members (excludes halogenated alkanes) is 1. The first-order chi connectivity index (χ1) is 12.2. The Hall–Kier alpha value is -1.82. The highest BCUT2D eigenvalue weighted by atomic mass is 16.4. The summed E-state index contributed by atoms with van der Waals surface area (Å²) in [6.07, 6.45) is 11.0. The molecule has 1 aromatic rings. The van der Waals surface area contributed by atoms with E-state index in [2.05, 4.69) is 13.0 Å². The Morgan fingerprint density at radius 3 is 2.64 bits per heavy atom. The summed E-state index contributed by atoms with van der Waals surface area (Å²) in [4.78, 5) is 11.4. The minimum atomic E-state index is -0.901. The molecule has 0 amide bonds. The van der Waals surface area contributed by atoms with Crippen LogP contribution in [0, 0.1) is 23.2 Å². The van der Waals surface area contributed by atoms with Crippen LogP contribution >= 0.6 is 0 Å². The molecule has 3 rings (SSSR count). The van der Waals surface area contributed by atoms with E-state index in [0.717, 1.165) is 12.0 Å². The van der Waals surface area contributed by atoms with Crippen LogP contribution in [0.2, 0.25) is 0 Å². The predicted octanol–water partition coefficient (Wildman–Crippen LogP) is 5.87. The topological polar surface area (TPSA) is 61.1 Å². The minimum Gasteiger partial charge on any atom is -0.478 e. The smallest absolute Gasteiger partial charge is 0.335 e. The molecule has 134 valence electrons. The zero-order valence-corrected chi connectivity index (χ0v) is 15.2. The number of carboxylic acid groups (broad SMARTS) is 1. The van der Waals surface area contributed by atoms with Crippen LogP contribution in [0.1, 0.15) is 98.0 Å². The van der Waals surface area contributed by atoms with E-state index in [9.17, 15) is 15.2 Å². The van der Waals surface area contributed by atoms with E-state index in [1.165, 1.54) is 56.9 Å². The van der Waals surface area contributed by atoms with Crippen LogP contribution in [0.3, 0.4) is 0 Å². The van der Waals surface area contributed by atoms with Crippen molar-refractivity contribution < 1.29 is 9.90 Å². The summed E-state index contributed by atoms with van der Waals surface area (Å²) in [6.45, 7) is 2.23. The number of benzene rings is 1. The number of rotatable bonds is 5. The van der Waals surface area contributed by atoms with Crippen LogP contribution in [-0.4, -0.2) is 11.1 Å². The second-order valence-electron chi connectivity index (χ2n) is 7.89. The largest absolute Gasteiger partial charge is 0.478 e. The fourth-order valence-electron chi connectivity index (χ4n) is 5.16. The molecule has 0 aliphatic heterocycles. The first kappa shape index (κ1) is 18.0. The fraction of sp³-hybridized carbons (Fsp3) is 0.636. The highest BCUT2D eigenvalue weighted by molar-refractivity contribution is 5.88. The zero-order valence-electron chi connectivity index (χ0n) is 15.2. The molecule has 2 aliphatic carbocycles. The average Bonchev–Trinajstić information content (AvgIpc) is 2.65. The number of fused-ring (bicyclic) bond motifs is 1. The van der Waals surface area contributed by atoms with Crippen LogP contribution in [0.5, 0.6) is 0 Å². The first-order valence-electron chi connectivity index (χ1n) is 9.92. The Kier molecular flexibility index (Phi) is 5.78. The van der Waals surface area contributed by atoms with Gasteiger partial charge in [0.05, 0.1) is 17.6 Å². The summed E-state index contributed by atoms with van der Waals surface area (Å²) in [7, 11) is 0. The van der Waals surface area contributed by atoms with Gasteiger partial charge in [0.2, 0.25) is 0 Å². The third kappa shape index (κ3) is 3.73. The van der Waals surface area contributed by atoms with E-state index in [1.807, 2.05) is 6.07 Å². The van der Waals surface area contributed by atoms with Gasteiger partial charge in [-0.15, -0.1) is 0 Å². The monoisotopic (exact) mass is 339 g/mol. The third-order valence-corrected chi connectivity index (χ3v) is 6.36. The second kappa shape index (κ2) is 8.04. The number of carboxylic acids is 1. The van der Waals surface area contributed by atoms with Gasteiger partial charge < -0.3 is 5.11 Å². The molecule has 2 aliphatic rings. The normalized spacial score (nSPS) is 26.6. The van der Waals surface area contributed by atoms with Gasteiger partial charge in [-0.25, -0.2) is 4.79 Å². The van der Waals surface area contributed by atoms with Gasteiger partial charge in [-0.05, 0) is 66.7 Å². The predicted molar refractivity (Wildman–Crippen MR) is 98.7 cm³/mol. The maximum absolute atomic E-state index is 11.4. The van der Waals surface area contributed by atoms with Crippen molar-refractivity contribution in [2.24, 2.45) is 11.8 Å². The Bertz CT molecular complexity index is 654. The highest BCUT2D eigenvalue weighted by Crippen LogP contribution is 2.51. The molecule has 1 fully saturated rings. The molecule has 0 saturated heterocycles. The second-order valence-corrected chi connectivity index (χ2v) is 7.89. The molecule has 0 heterocycles. The molecule has 25 heavy (non-hydrogen) atoms. The van der Waals surface area contributed by atoms with E-state index < -0.39 is 5.97 Å². The SMILES string of the molecule is CCCC[C@@H]1CC(C#N)c2cc(C(=O)O)ccc2[C@H]1C1CCCCC1. The molecule has 1 saturated carbocycles. The molecular formula is C22H29NO2. The lowest BCUT2D eigenvalue weighted by Gasteiger charge is -2.42. The van der Waals surface area contributed by atoms with Gasteiger partial charge in [-0.3, -0.25) is 0 Å². The number of nitriles is 1. The highest BCUT2D eigenvalue weighted by Gasteiger charge is 2.39. The first-order valence-corrected chi connectivity index (χ1v) is 9.92. The molecule has 3 atom stereocenters. The van der Waals surface area contributed by atoms with Crippen molar-refractivity contribution in [2.45, 2.75) is 76.5 Å². The number of nitrogens with zero attached hydrogens (tertiary/aromatic N) is 1. The Morgan fingerprint density at radius 2 is 2.00 bits per heavy atom. The average molecular weight is 339 g/mol. The van der Waals surface area contributed by atoms with Gasteiger partial charge in [0.25, 0.3) is 0 Å². The van der Waals surface area contributed by atoms with Crippen molar-refractivity contribution in [3.05, 3.63) is 34.9 Å². The van der Waals surface area contributed by atoms with Crippen LogP contribution in [0.4, 0.5) is 0 Å². The minimum absolute atomic E-state index is 0.156. The van der Waals surface area contributed by atoms with Crippen LogP contribution in [0.15, 0.2) is 18.2 Å². The zero-order chi connectivity index (χ0) is 17.8. The summed E-state index contributed by atoms with van der Waals surface area (Å²) in [5, 5.41) is 19.1. The van der Waals surface area contributed by atoms with Crippen molar-refractivity contribution >= 4 is 5.97 Å². The molecule has 0 aromatic heterocycles. The lowest BCUT2D eigenvalue weighted by atomic mass is 9.62. The van der Waals surface area contributed by atoms with E-state index in [1.54, 1.807) is 12.1 Å². The number of hydrogen-bond donors (Lipinski definition) is 1. The molecule has 1 unspecified atom stereocenters. The van der Waals surface area contributed by atoms with E-state index in [4.69, 9.17) is 0 Å². The molecule has 1 N–H and O–H groups in total. The maximum Gasteiger partial charge on any atom is 0.335 e. The number of aromatic carboxylic acids is 1. The van der Waals surface area contributed by atoms with Gasteiger partial charge >= 0.3 is 5.97 Å². The van der Waals surface area contributed by atoms with Gasteiger partial charge in [-0.1, -0.05) is 45.1 Å². The Labute approximate surface area is 151 Å². The van der Waals surface area contributed by atoms with Crippen molar-refractivity contribution in [3.63, 3.8) is 0 Å². The van der Waals surface area contributed by atoms with Gasteiger partial charge in [0.1, 0.15) is 0 Å². The Balaban J connectivity index is 2.01. The number of carbonyl (C=O) groups is 1. The van der Waals surface area contributed by atoms with Crippen molar-refractivity contribution in [3.8, 4) is 6.07 Å². The van der Waals surface area contributed by atoms with Crippen molar-refractivity contribution in [2.75, 3.05) is 0 Å². The lowest BCUT2D eigenvalue weighted by molar-refractivity contribution is 0.0696. The molecule has 0 radical (unpaired) electrons.